The molecule has 4 nitrogen and oxygen atoms in total. The molecule has 0 aliphatic heterocycles. The Morgan fingerprint density at radius 2 is 1.83 bits per heavy atom. The van der Waals surface area contributed by atoms with Crippen LogP contribution in [0.3, 0.4) is 0 Å². The van der Waals surface area contributed by atoms with Gasteiger partial charge in [-0.1, -0.05) is 67.8 Å². The minimum absolute atomic E-state index is 0.00113. The highest BCUT2D eigenvalue weighted by atomic mass is 32.2. The van der Waals surface area contributed by atoms with E-state index in [-0.39, 0.29) is 17.9 Å². The fourth-order valence-electron chi connectivity index (χ4n) is 4.04. The van der Waals surface area contributed by atoms with Gasteiger partial charge in [-0.15, -0.1) is 11.8 Å². The molecule has 1 aliphatic rings. The van der Waals surface area contributed by atoms with Gasteiger partial charge >= 0.3 is 0 Å². The van der Waals surface area contributed by atoms with Gasteiger partial charge in [0.15, 0.2) is 0 Å². The molecule has 0 unspecified atom stereocenters. The van der Waals surface area contributed by atoms with E-state index in [1.54, 1.807) is 4.90 Å². The van der Waals surface area contributed by atoms with E-state index in [9.17, 15) is 9.59 Å². The zero-order valence-corrected chi connectivity index (χ0v) is 18.8. The summed E-state index contributed by atoms with van der Waals surface area (Å²) in [6, 6.07) is 17.9. The molecule has 1 aliphatic carbocycles. The summed E-state index contributed by atoms with van der Waals surface area (Å²) in [4.78, 5) is 29.2. The van der Waals surface area contributed by atoms with Crippen LogP contribution in [-0.2, 0) is 16.1 Å². The lowest BCUT2D eigenvalue weighted by Crippen LogP contribution is -2.51. The standard InChI is InChI=1S/C25H32N2O2S/c1-3-23(25(29)26-21-12-7-8-13-21)27(17-20-11-9-10-19(2)16-20)24(28)18-30-22-14-5-4-6-15-22/h4-6,9-11,14-16,21,23H,3,7-8,12-13,17-18H2,1-2H3,(H,26,29)/t23-/m1/s1. The summed E-state index contributed by atoms with van der Waals surface area (Å²) >= 11 is 1.52. The number of carbonyl (C=O) groups excluding carboxylic acids is 2. The lowest BCUT2D eigenvalue weighted by atomic mass is 10.1. The van der Waals surface area contributed by atoms with Crippen molar-refractivity contribution < 1.29 is 9.59 Å². The molecule has 160 valence electrons. The van der Waals surface area contributed by atoms with Crippen LogP contribution in [0.4, 0.5) is 0 Å². The first kappa shape index (κ1) is 22.4. The second-order valence-corrected chi connectivity index (χ2v) is 9.08. The molecular formula is C25H32N2O2S. The molecule has 30 heavy (non-hydrogen) atoms. The van der Waals surface area contributed by atoms with Crippen LogP contribution in [0.25, 0.3) is 0 Å². The Morgan fingerprint density at radius 1 is 1.10 bits per heavy atom. The van der Waals surface area contributed by atoms with Crippen molar-refractivity contribution in [2.45, 2.75) is 69.5 Å². The SMILES string of the molecule is CC[C@H](C(=O)NC1CCCC1)N(Cc1cccc(C)c1)C(=O)CSc1ccccc1. The molecule has 2 amide bonds. The molecule has 3 rings (SSSR count). The minimum atomic E-state index is -0.449. The topological polar surface area (TPSA) is 49.4 Å². The summed E-state index contributed by atoms with van der Waals surface area (Å²) in [5.41, 5.74) is 2.21. The number of rotatable bonds is 9. The normalized spacial score (nSPS) is 15.0. The number of hydrogen-bond acceptors (Lipinski definition) is 3. The van der Waals surface area contributed by atoms with Gasteiger partial charge in [0.05, 0.1) is 5.75 Å². The predicted molar refractivity (Wildman–Crippen MR) is 123 cm³/mol. The van der Waals surface area contributed by atoms with Crippen LogP contribution in [-0.4, -0.2) is 34.6 Å². The number of aryl methyl sites for hydroxylation is 1. The summed E-state index contributed by atoms with van der Waals surface area (Å²) in [6.45, 7) is 4.48. The molecule has 0 heterocycles. The number of carbonyl (C=O) groups is 2. The average molecular weight is 425 g/mol. The zero-order chi connectivity index (χ0) is 21.3. The van der Waals surface area contributed by atoms with Crippen molar-refractivity contribution in [2.24, 2.45) is 0 Å². The van der Waals surface area contributed by atoms with Crippen LogP contribution in [0.5, 0.6) is 0 Å². The molecule has 1 N–H and O–H groups in total. The van der Waals surface area contributed by atoms with Gasteiger partial charge in [0.2, 0.25) is 11.8 Å². The number of benzene rings is 2. The number of hydrogen-bond donors (Lipinski definition) is 1. The molecule has 5 heteroatoms. The lowest BCUT2D eigenvalue weighted by molar-refractivity contribution is -0.139. The van der Waals surface area contributed by atoms with Crippen molar-refractivity contribution in [3.05, 3.63) is 65.7 Å². The van der Waals surface area contributed by atoms with Gasteiger partial charge in [-0.25, -0.2) is 0 Å². The Hall–Kier alpha value is -2.27. The monoisotopic (exact) mass is 424 g/mol. The Bertz CT molecular complexity index is 834. The van der Waals surface area contributed by atoms with E-state index in [4.69, 9.17) is 0 Å². The van der Waals surface area contributed by atoms with E-state index in [1.165, 1.54) is 24.6 Å². The third-order valence-corrected chi connectivity index (χ3v) is 6.63. The first-order valence-electron chi connectivity index (χ1n) is 10.9. The maximum atomic E-state index is 13.3. The van der Waals surface area contributed by atoms with Crippen LogP contribution < -0.4 is 5.32 Å². The Kier molecular flexibility index (Phi) is 8.38. The van der Waals surface area contributed by atoms with Gasteiger partial charge in [0, 0.05) is 17.5 Å². The highest BCUT2D eigenvalue weighted by Gasteiger charge is 2.30. The van der Waals surface area contributed by atoms with Crippen molar-refractivity contribution in [3.63, 3.8) is 0 Å². The highest BCUT2D eigenvalue weighted by Crippen LogP contribution is 2.22. The largest absolute Gasteiger partial charge is 0.352 e. The van der Waals surface area contributed by atoms with Crippen molar-refractivity contribution >= 4 is 23.6 Å². The van der Waals surface area contributed by atoms with Crippen LogP contribution in [0.2, 0.25) is 0 Å². The van der Waals surface area contributed by atoms with Crippen molar-refractivity contribution in [2.75, 3.05) is 5.75 Å². The molecular weight excluding hydrogens is 392 g/mol. The lowest BCUT2D eigenvalue weighted by Gasteiger charge is -2.31. The van der Waals surface area contributed by atoms with Gasteiger partial charge in [-0.3, -0.25) is 9.59 Å². The van der Waals surface area contributed by atoms with Crippen molar-refractivity contribution in [1.82, 2.24) is 10.2 Å². The van der Waals surface area contributed by atoms with Crippen molar-refractivity contribution in [1.29, 1.82) is 0 Å². The van der Waals surface area contributed by atoms with Crippen LogP contribution in [0.1, 0.15) is 50.2 Å². The summed E-state index contributed by atoms with van der Waals surface area (Å²) in [5.74, 6) is 0.303. The van der Waals surface area contributed by atoms with E-state index < -0.39 is 6.04 Å². The van der Waals surface area contributed by atoms with Crippen molar-refractivity contribution in [3.8, 4) is 0 Å². The first-order chi connectivity index (χ1) is 14.6. The molecule has 2 aromatic carbocycles. The molecule has 0 saturated heterocycles. The number of nitrogens with one attached hydrogen (secondary N) is 1. The van der Waals surface area contributed by atoms with E-state index in [0.29, 0.717) is 18.7 Å². The van der Waals surface area contributed by atoms with E-state index >= 15 is 0 Å². The molecule has 0 spiro atoms. The summed E-state index contributed by atoms with van der Waals surface area (Å²) in [5, 5.41) is 3.20. The van der Waals surface area contributed by atoms with Crippen LogP contribution in [0.15, 0.2) is 59.5 Å². The molecule has 0 bridgehead atoms. The zero-order valence-electron chi connectivity index (χ0n) is 18.0. The maximum Gasteiger partial charge on any atom is 0.243 e. The molecule has 0 aromatic heterocycles. The molecule has 1 saturated carbocycles. The van der Waals surface area contributed by atoms with E-state index in [0.717, 1.165) is 28.9 Å². The first-order valence-corrected chi connectivity index (χ1v) is 11.9. The van der Waals surface area contributed by atoms with Gasteiger partial charge in [0.1, 0.15) is 6.04 Å². The van der Waals surface area contributed by atoms with E-state index in [1.807, 2.05) is 62.4 Å². The van der Waals surface area contributed by atoms with Gasteiger partial charge in [-0.05, 0) is 43.9 Å². The van der Waals surface area contributed by atoms with E-state index in [2.05, 4.69) is 11.4 Å². The Morgan fingerprint density at radius 3 is 2.50 bits per heavy atom. The number of thioether (sulfide) groups is 1. The quantitative estimate of drug-likeness (QED) is 0.579. The van der Waals surface area contributed by atoms with Gasteiger partial charge in [-0.2, -0.15) is 0 Å². The minimum Gasteiger partial charge on any atom is -0.352 e. The fourth-order valence-corrected chi connectivity index (χ4v) is 4.84. The van der Waals surface area contributed by atoms with Gasteiger partial charge in [0.25, 0.3) is 0 Å². The molecule has 1 atom stereocenters. The highest BCUT2D eigenvalue weighted by molar-refractivity contribution is 8.00. The molecule has 1 fully saturated rings. The van der Waals surface area contributed by atoms with Crippen LogP contribution in [0, 0.1) is 6.92 Å². The second kappa shape index (κ2) is 11.2. The summed E-state index contributed by atoms with van der Waals surface area (Å²) < 4.78 is 0. The Balaban J connectivity index is 1.75. The maximum absolute atomic E-state index is 13.3. The predicted octanol–water partition coefficient (Wildman–Crippen LogP) is 4.95. The molecule has 2 aromatic rings. The van der Waals surface area contributed by atoms with Gasteiger partial charge < -0.3 is 10.2 Å². The Labute approximate surface area is 184 Å². The molecule has 0 radical (unpaired) electrons. The second-order valence-electron chi connectivity index (χ2n) is 8.03. The number of nitrogens with zero attached hydrogens (tertiary/aromatic N) is 1. The smallest absolute Gasteiger partial charge is 0.243 e. The third kappa shape index (κ3) is 6.36. The average Bonchev–Trinajstić information content (AvgIpc) is 3.25. The summed E-state index contributed by atoms with van der Waals surface area (Å²) in [6.07, 6.45) is 5.02. The fraction of sp³-hybridized carbons (Fsp3) is 0.440. The summed E-state index contributed by atoms with van der Waals surface area (Å²) in [7, 11) is 0. The number of amides is 2. The third-order valence-electron chi connectivity index (χ3n) is 5.63. The van der Waals surface area contributed by atoms with Crippen LogP contribution >= 0.6 is 11.8 Å².